The number of nitrogens with zero attached hydrogens (tertiary/aromatic N) is 3. The quantitative estimate of drug-likeness (QED) is 0.891. The van der Waals surface area contributed by atoms with Crippen molar-refractivity contribution in [2.24, 2.45) is 0 Å². The molecule has 1 amide bonds. The number of aromatic nitrogens is 2. The zero-order chi connectivity index (χ0) is 15.9. The number of benzene rings is 1. The first-order valence-corrected chi connectivity index (χ1v) is 7.25. The molecule has 0 atom stereocenters. The van der Waals surface area contributed by atoms with Gasteiger partial charge in [-0.05, 0) is 43.7 Å². The van der Waals surface area contributed by atoms with Gasteiger partial charge in [0.15, 0.2) is 5.69 Å². The Morgan fingerprint density at radius 3 is 2.32 bits per heavy atom. The maximum absolute atomic E-state index is 12.8. The van der Waals surface area contributed by atoms with Gasteiger partial charge in [-0.1, -0.05) is 12.1 Å². The Bertz CT molecular complexity index is 609. The van der Waals surface area contributed by atoms with Crippen LogP contribution < -0.4 is 5.32 Å². The van der Waals surface area contributed by atoms with E-state index >= 15 is 0 Å². The number of amides is 1. The summed E-state index contributed by atoms with van der Waals surface area (Å²) >= 11 is 0. The molecule has 0 saturated carbocycles. The monoisotopic (exact) mass is 302 g/mol. The molecule has 1 heterocycles. The van der Waals surface area contributed by atoms with Crippen molar-refractivity contribution in [3.63, 3.8) is 0 Å². The van der Waals surface area contributed by atoms with Crippen LogP contribution in [0.25, 0.3) is 0 Å². The Hall–Kier alpha value is -2.50. The molecule has 0 bridgehead atoms. The van der Waals surface area contributed by atoms with Crippen molar-refractivity contribution in [3.05, 3.63) is 53.5 Å². The lowest BCUT2D eigenvalue weighted by Gasteiger charge is -2.17. The SMILES string of the molecule is CCN(CC)C(=O)c1ccc(NCc2ccc(F)cc2)nn1. The summed E-state index contributed by atoms with van der Waals surface area (Å²) in [4.78, 5) is 13.8. The van der Waals surface area contributed by atoms with E-state index in [0.717, 1.165) is 5.56 Å². The van der Waals surface area contributed by atoms with Gasteiger partial charge in [0, 0.05) is 19.6 Å². The minimum atomic E-state index is -0.261. The first kappa shape index (κ1) is 15.9. The van der Waals surface area contributed by atoms with Crippen molar-refractivity contribution >= 4 is 11.7 Å². The normalized spacial score (nSPS) is 10.3. The van der Waals surface area contributed by atoms with E-state index in [4.69, 9.17) is 0 Å². The van der Waals surface area contributed by atoms with Crippen molar-refractivity contribution in [2.45, 2.75) is 20.4 Å². The van der Waals surface area contributed by atoms with Crippen LogP contribution in [0.2, 0.25) is 0 Å². The maximum atomic E-state index is 12.8. The molecule has 116 valence electrons. The van der Waals surface area contributed by atoms with Crippen LogP contribution >= 0.6 is 0 Å². The number of carbonyl (C=O) groups excluding carboxylic acids is 1. The fraction of sp³-hybridized carbons (Fsp3) is 0.312. The Morgan fingerprint density at radius 2 is 1.77 bits per heavy atom. The highest BCUT2D eigenvalue weighted by Gasteiger charge is 2.14. The van der Waals surface area contributed by atoms with Gasteiger partial charge in [0.2, 0.25) is 0 Å². The summed E-state index contributed by atoms with van der Waals surface area (Å²) in [5.74, 6) is 0.186. The zero-order valence-electron chi connectivity index (χ0n) is 12.7. The van der Waals surface area contributed by atoms with Crippen LogP contribution in [0.3, 0.4) is 0 Å². The molecule has 0 unspecified atom stereocenters. The molecule has 0 saturated heterocycles. The third-order valence-electron chi connectivity index (χ3n) is 3.32. The molecule has 2 aromatic rings. The molecule has 1 aromatic carbocycles. The summed E-state index contributed by atoms with van der Waals surface area (Å²) in [6.07, 6.45) is 0. The average Bonchev–Trinajstić information content (AvgIpc) is 2.56. The summed E-state index contributed by atoms with van der Waals surface area (Å²) < 4.78 is 12.8. The first-order valence-electron chi connectivity index (χ1n) is 7.25. The minimum absolute atomic E-state index is 0.123. The van der Waals surface area contributed by atoms with Crippen molar-refractivity contribution in [3.8, 4) is 0 Å². The third-order valence-corrected chi connectivity index (χ3v) is 3.32. The molecule has 0 radical (unpaired) electrons. The van der Waals surface area contributed by atoms with Gasteiger partial charge in [-0.25, -0.2) is 4.39 Å². The van der Waals surface area contributed by atoms with E-state index in [1.54, 1.807) is 29.2 Å². The zero-order valence-corrected chi connectivity index (χ0v) is 12.7. The molecule has 22 heavy (non-hydrogen) atoms. The fourth-order valence-electron chi connectivity index (χ4n) is 2.01. The lowest BCUT2D eigenvalue weighted by molar-refractivity contribution is 0.0766. The summed E-state index contributed by atoms with van der Waals surface area (Å²) in [5, 5.41) is 11.0. The molecule has 2 rings (SSSR count). The summed E-state index contributed by atoms with van der Waals surface area (Å²) in [7, 11) is 0. The molecule has 5 nitrogen and oxygen atoms in total. The number of carbonyl (C=O) groups is 1. The number of rotatable bonds is 6. The standard InChI is InChI=1S/C16H19FN4O/c1-3-21(4-2)16(22)14-9-10-15(20-19-14)18-11-12-5-7-13(17)8-6-12/h5-10H,3-4,11H2,1-2H3,(H,18,20). The lowest BCUT2D eigenvalue weighted by atomic mass is 10.2. The van der Waals surface area contributed by atoms with Crippen LogP contribution in [-0.2, 0) is 6.54 Å². The Kier molecular flexibility index (Phi) is 5.41. The van der Waals surface area contributed by atoms with Gasteiger partial charge in [-0.15, -0.1) is 10.2 Å². The van der Waals surface area contributed by atoms with E-state index < -0.39 is 0 Å². The van der Waals surface area contributed by atoms with Crippen LogP contribution in [0.15, 0.2) is 36.4 Å². The number of halogens is 1. The lowest BCUT2D eigenvalue weighted by Crippen LogP contribution is -2.31. The molecular formula is C16H19FN4O. The summed E-state index contributed by atoms with van der Waals surface area (Å²) in [6.45, 7) is 5.64. The topological polar surface area (TPSA) is 58.1 Å². The minimum Gasteiger partial charge on any atom is -0.365 e. The molecule has 0 spiro atoms. The van der Waals surface area contributed by atoms with Gasteiger partial charge < -0.3 is 10.2 Å². The van der Waals surface area contributed by atoms with Crippen LogP contribution in [-0.4, -0.2) is 34.1 Å². The van der Waals surface area contributed by atoms with Crippen LogP contribution in [0, 0.1) is 5.82 Å². The van der Waals surface area contributed by atoms with E-state index in [1.807, 2.05) is 13.8 Å². The Morgan fingerprint density at radius 1 is 1.09 bits per heavy atom. The third kappa shape index (κ3) is 4.00. The van der Waals surface area contributed by atoms with Gasteiger partial charge in [-0.2, -0.15) is 0 Å². The predicted octanol–water partition coefficient (Wildman–Crippen LogP) is 2.71. The first-order chi connectivity index (χ1) is 10.6. The van der Waals surface area contributed by atoms with Crippen molar-refractivity contribution < 1.29 is 9.18 Å². The second-order valence-corrected chi connectivity index (χ2v) is 4.76. The molecule has 0 aliphatic carbocycles. The van der Waals surface area contributed by atoms with Crippen LogP contribution in [0.4, 0.5) is 10.2 Å². The van der Waals surface area contributed by atoms with Crippen LogP contribution in [0.5, 0.6) is 0 Å². The van der Waals surface area contributed by atoms with E-state index in [-0.39, 0.29) is 11.7 Å². The molecule has 0 aliphatic heterocycles. The van der Waals surface area contributed by atoms with Gasteiger partial charge in [-0.3, -0.25) is 4.79 Å². The second kappa shape index (κ2) is 7.49. The van der Waals surface area contributed by atoms with E-state index in [9.17, 15) is 9.18 Å². The van der Waals surface area contributed by atoms with E-state index in [1.165, 1.54) is 12.1 Å². The highest BCUT2D eigenvalue weighted by Crippen LogP contribution is 2.08. The van der Waals surface area contributed by atoms with Gasteiger partial charge in [0.25, 0.3) is 5.91 Å². The van der Waals surface area contributed by atoms with Crippen molar-refractivity contribution in [2.75, 3.05) is 18.4 Å². The van der Waals surface area contributed by atoms with Crippen molar-refractivity contribution in [1.82, 2.24) is 15.1 Å². The molecular weight excluding hydrogens is 283 g/mol. The molecule has 1 N–H and O–H groups in total. The summed E-state index contributed by atoms with van der Waals surface area (Å²) in [6, 6.07) is 9.60. The second-order valence-electron chi connectivity index (χ2n) is 4.76. The number of hydrogen-bond acceptors (Lipinski definition) is 4. The molecule has 0 aliphatic rings. The highest BCUT2D eigenvalue weighted by molar-refractivity contribution is 5.92. The van der Waals surface area contributed by atoms with Crippen molar-refractivity contribution in [1.29, 1.82) is 0 Å². The highest BCUT2D eigenvalue weighted by atomic mass is 19.1. The average molecular weight is 302 g/mol. The molecule has 6 heteroatoms. The van der Waals surface area contributed by atoms with Gasteiger partial charge in [0.05, 0.1) is 0 Å². The van der Waals surface area contributed by atoms with Gasteiger partial charge in [0.1, 0.15) is 11.6 Å². The fourth-order valence-corrected chi connectivity index (χ4v) is 2.01. The Labute approximate surface area is 129 Å². The number of anilines is 1. The molecule has 0 fully saturated rings. The van der Waals surface area contributed by atoms with E-state index in [0.29, 0.717) is 31.1 Å². The summed E-state index contributed by atoms with van der Waals surface area (Å²) in [5.41, 5.74) is 1.27. The molecule has 1 aromatic heterocycles. The Balaban J connectivity index is 1.97. The smallest absolute Gasteiger partial charge is 0.274 e. The van der Waals surface area contributed by atoms with Gasteiger partial charge >= 0.3 is 0 Å². The predicted molar refractivity (Wildman–Crippen MR) is 83.0 cm³/mol. The number of nitrogens with one attached hydrogen (secondary N) is 1. The van der Waals surface area contributed by atoms with Crippen LogP contribution in [0.1, 0.15) is 29.9 Å². The van der Waals surface area contributed by atoms with E-state index in [2.05, 4.69) is 15.5 Å². The number of hydrogen-bond donors (Lipinski definition) is 1. The maximum Gasteiger partial charge on any atom is 0.274 e. The largest absolute Gasteiger partial charge is 0.365 e.